The van der Waals surface area contributed by atoms with Crippen molar-refractivity contribution in [3.05, 3.63) is 45.4 Å². The van der Waals surface area contributed by atoms with Crippen LogP contribution in [-0.4, -0.2) is 9.78 Å². The predicted octanol–water partition coefficient (Wildman–Crippen LogP) is 4.70. The molecule has 0 fully saturated rings. The van der Waals surface area contributed by atoms with Crippen molar-refractivity contribution in [2.24, 2.45) is 0 Å². The van der Waals surface area contributed by atoms with Gasteiger partial charge in [-0.05, 0) is 36.6 Å². The third-order valence-corrected chi connectivity index (χ3v) is 4.04. The van der Waals surface area contributed by atoms with Crippen molar-refractivity contribution in [1.82, 2.24) is 9.78 Å². The smallest absolute Gasteiger partial charge is 0.104 e. The van der Waals surface area contributed by atoms with Crippen molar-refractivity contribution < 1.29 is 0 Å². The van der Waals surface area contributed by atoms with Crippen molar-refractivity contribution >= 4 is 44.8 Å². The Bertz CT molecular complexity index is 679. The topological polar surface area (TPSA) is 17.8 Å². The van der Waals surface area contributed by atoms with Crippen LogP contribution in [0, 0.1) is 6.92 Å². The van der Waals surface area contributed by atoms with Crippen LogP contribution >= 0.6 is 34.5 Å². The number of benzene rings is 1. The monoisotopic (exact) mass is 282 g/mol. The van der Waals surface area contributed by atoms with Crippen LogP contribution in [0.5, 0.6) is 0 Å². The molecule has 0 aliphatic heterocycles. The molecule has 5 heteroatoms. The highest BCUT2D eigenvalue weighted by Crippen LogP contribution is 2.28. The standard InChI is InChI=1S/C12H8Cl2N2S/c1-7-12-11(2-3-17-12)15-16(7)10-5-8(13)4-9(14)6-10/h2-6H,1H3. The Hall–Kier alpha value is -1.03. The average molecular weight is 283 g/mol. The van der Waals surface area contributed by atoms with Crippen molar-refractivity contribution in [3.8, 4) is 5.69 Å². The minimum absolute atomic E-state index is 0.616. The van der Waals surface area contributed by atoms with Gasteiger partial charge in [0.25, 0.3) is 0 Å². The van der Waals surface area contributed by atoms with E-state index >= 15 is 0 Å². The maximum Gasteiger partial charge on any atom is 0.104 e. The van der Waals surface area contributed by atoms with Crippen molar-refractivity contribution in [2.75, 3.05) is 0 Å². The van der Waals surface area contributed by atoms with Crippen molar-refractivity contribution in [3.63, 3.8) is 0 Å². The summed E-state index contributed by atoms with van der Waals surface area (Å²) < 4.78 is 3.07. The van der Waals surface area contributed by atoms with E-state index in [0.29, 0.717) is 10.0 Å². The van der Waals surface area contributed by atoms with E-state index in [2.05, 4.69) is 5.10 Å². The molecule has 0 N–H and O–H groups in total. The number of aryl methyl sites for hydroxylation is 1. The third kappa shape index (κ3) is 1.84. The quantitative estimate of drug-likeness (QED) is 0.632. The molecule has 0 radical (unpaired) electrons. The molecule has 1 aromatic carbocycles. The van der Waals surface area contributed by atoms with Gasteiger partial charge in [-0.2, -0.15) is 5.10 Å². The predicted molar refractivity (Wildman–Crippen MR) is 73.7 cm³/mol. The summed E-state index contributed by atoms with van der Waals surface area (Å²) in [4.78, 5) is 0. The van der Waals surface area contributed by atoms with Gasteiger partial charge >= 0.3 is 0 Å². The summed E-state index contributed by atoms with van der Waals surface area (Å²) in [5.74, 6) is 0. The lowest BCUT2D eigenvalue weighted by Gasteiger charge is -2.05. The Morgan fingerprint density at radius 3 is 2.53 bits per heavy atom. The first-order valence-electron chi connectivity index (χ1n) is 5.04. The molecule has 0 aliphatic rings. The summed E-state index contributed by atoms with van der Waals surface area (Å²) in [5, 5.41) is 7.81. The average Bonchev–Trinajstić information content (AvgIpc) is 2.80. The molecule has 17 heavy (non-hydrogen) atoms. The summed E-state index contributed by atoms with van der Waals surface area (Å²) in [6.07, 6.45) is 0. The molecule has 0 bridgehead atoms. The molecule has 0 spiro atoms. The van der Waals surface area contributed by atoms with Crippen LogP contribution in [0.1, 0.15) is 5.69 Å². The van der Waals surface area contributed by atoms with Crippen LogP contribution in [0.25, 0.3) is 15.9 Å². The second-order valence-electron chi connectivity index (χ2n) is 3.76. The number of thiophene rings is 1. The molecule has 2 heterocycles. The van der Waals surface area contributed by atoms with Gasteiger partial charge in [0.05, 0.1) is 16.1 Å². The molecule has 0 saturated carbocycles. The van der Waals surface area contributed by atoms with E-state index in [1.165, 1.54) is 4.70 Å². The Kier molecular flexibility index (Phi) is 2.62. The van der Waals surface area contributed by atoms with Gasteiger partial charge < -0.3 is 0 Å². The Morgan fingerprint density at radius 2 is 1.88 bits per heavy atom. The molecular weight excluding hydrogens is 275 g/mol. The summed E-state index contributed by atoms with van der Waals surface area (Å²) >= 11 is 13.7. The van der Waals surface area contributed by atoms with E-state index < -0.39 is 0 Å². The van der Waals surface area contributed by atoms with Gasteiger partial charge in [-0.1, -0.05) is 23.2 Å². The summed E-state index contributed by atoms with van der Waals surface area (Å²) in [5.41, 5.74) is 3.00. The van der Waals surface area contributed by atoms with Gasteiger partial charge in [0.15, 0.2) is 0 Å². The maximum atomic E-state index is 6.00. The van der Waals surface area contributed by atoms with E-state index in [1.807, 2.05) is 35.2 Å². The fraction of sp³-hybridized carbons (Fsp3) is 0.0833. The molecule has 86 valence electrons. The third-order valence-electron chi connectivity index (χ3n) is 2.59. The van der Waals surface area contributed by atoms with Crippen molar-refractivity contribution in [2.45, 2.75) is 6.92 Å². The lowest BCUT2D eigenvalue weighted by atomic mass is 10.3. The molecule has 2 nitrogen and oxygen atoms in total. The molecule has 0 atom stereocenters. The molecule has 2 aromatic heterocycles. The van der Waals surface area contributed by atoms with E-state index in [-0.39, 0.29) is 0 Å². The van der Waals surface area contributed by atoms with Gasteiger partial charge in [0.2, 0.25) is 0 Å². The van der Waals surface area contributed by atoms with Crippen molar-refractivity contribution in [1.29, 1.82) is 0 Å². The zero-order valence-corrected chi connectivity index (χ0v) is 11.3. The Balaban J connectivity index is 2.26. The number of aromatic nitrogens is 2. The fourth-order valence-electron chi connectivity index (χ4n) is 1.84. The second-order valence-corrected chi connectivity index (χ2v) is 5.55. The summed E-state index contributed by atoms with van der Waals surface area (Å²) in [6, 6.07) is 7.44. The Morgan fingerprint density at radius 1 is 1.18 bits per heavy atom. The number of fused-ring (bicyclic) bond motifs is 1. The largest absolute Gasteiger partial charge is 0.236 e. The number of hydrogen-bond donors (Lipinski definition) is 0. The van der Waals surface area contributed by atoms with Crippen LogP contribution in [0.15, 0.2) is 29.6 Å². The number of rotatable bonds is 1. The normalized spacial score (nSPS) is 11.2. The fourth-order valence-corrected chi connectivity index (χ4v) is 3.18. The summed E-state index contributed by atoms with van der Waals surface area (Å²) in [7, 11) is 0. The molecule has 0 aliphatic carbocycles. The minimum Gasteiger partial charge on any atom is -0.236 e. The Labute approximate surface area is 112 Å². The highest BCUT2D eigenvalue weighted by atomic mass is 35.5. The number of hydrogen-bond acceptors (Lipinski definition) is 2. The van der Waals surface area contributed by atoms with Gasteiger partial charge in [-0.3, -0.25) is 0 Å². The van der Waals surface area contributed by atoms with Crippen LogP contribution in [0.2, 0.25) is 10.0 Å². The molecule has 0 saturated heterocycles. The molecule has 3 rings (SSSR count). The van der Waals surface area contributed by atoms with Gasteiger partial charge in [0.1, 0.15) is 5.52 Å². The highest BCUT2D eigenvalue weighted by molar-refractivity contribution is 7.17. The molecule has 3 aromatic rings. The lowest BCUT2D eigenvalue weighted by Crippen LogP contribution is -1.98. The number of halogens is 2. The van der Waals surface area contributed by atoms with Crippen LogP contribution in [0.3, 0.4) is 0 Å². The van der Waals surface area contributed by atoms with Gasteiger partial charge in [0, 0.05) is 10.0 Å². The van der Waals surface area contributed by atoms with Crippen LogP contribution in [-0.2, 0) is 0 Å². The van der Waals surface area contributed by atoms with E-state index in [1.54, 1.807) is 17.4 Å². The van der Waals surface area contributed by atoms with Gasteiger partial charge in [-0.15, -0.1) is 11.3 Å². The molecular formula is C12H8Cl2N2S. The van der Waals surface area contributed by atoms with Gasteiger partial charge in [-0.25, -0.2) is 4.68 Å². The highest BCUT2D eigenvalue weighted by Gasteiger charge is 2.10. The van der Waals surface area contributed by atoms with E-state index in [4.69, 9.17) is 23.2 Å². The maximum absolute atomic E-state index is 6.00. The van der Waals surface area contributed by atoms with E-state index in [0.717, 1.165) is 16.9 Å². The first-order chi connectivity index (χ1) is 8.15. The second kappa shape index (κ2) is 4.02. The minimum atomic E-state index is 0.616. The summed E-state index contributed by atoms with van der Waals surface area (Å²) in [6.45, 7) is 2.04. The molecule has 0 amide bonds. The molecule has 0 unspecified atom stereocenters. The van der Waals surface area contributed by atoms with Crippen LogP contribution in [0.4, 0.5) is 0 Å². The zero-order valence-electron chi connectivity index (χ0n) is 8.95. The lowest BCUT2D eigenvalue weighted by molar-refractivity contribution is 0.861. The zero-order chi connectivity index (χ0) is 12.0. The first kappa shape index (κ1) is 11.1. The SMILES string of the molecule is Cc1c2sccc2nn1-c1cc(Cl)cc(Cl)c1. The van der Waals surface area contributed by atoms with E-state index in [9.17, 15) is 0 Å². The number of nitrogens with zero attached hydrogens (tertiary/aromatic N) is 2. The van der Waals surface area contributed by atoms with Crippen LogP contribution < -0.4 is 0 Å². The first-order valence-corrected chi connectivity index (χ1v) is 6.68.